The number of aromatic hydroxyl groups is 1. The quantitative estimate of drug-likeness (QED) is 0.701. The summed E-state index contributed by atoms with van der Waals surface area (Å²) in [5, 5.41) is 9.96. The standard InChI is InChI=1S/C18H24N4O/c1-11(2)22-8-7-16-14(10-22)13(18(20)21-16)9-15(19)12-5-3-4-6-17(12)23/h3-6,9,11,21,23H,7-8,10,19-20H2,1-2H3/b15-9-. The van der Waals surface area contributed by atoms with Crippen molar-refractivity contribution >= 4 is 17.6 Å². The minimum Gasteiger partial charge on any atom is -0.507 e. The lowest BCUT2D eigenvalue weighted by Gasteiger charge is -2.30. The molecule has 122 valence electrons. The molecule has 1 aromatic heterocycles. The fourth-order valence-corrected chi connectivity index (χ4v) is 3.12. The van der Waals surface area contributed by atoms with E-state index in [1.807, 2.05) is 12.1 Å². The monoisotopic (exact) mass is 312 g/mol. The van der Waals surface area contributed by atoms with Crippen molar-refractivity contribution in [3.63, 3.8) is 0 Å². The van der Waals surface area contributed by atoms with E-state index in [4.69, 9.17) is 11.5 Å². The zero-order valence-electron chi connectivity index (χ0n) is 13.6. The van der Waals surface area contributed by atoms with Crippen LogP contribution in [0.1, 0.15) is 36.2 Å². The first-order valence-electron chi connectivity index (χ1n) is 7.96. The fraction of sp³-hybridized carbons (Fsp3) is 0.333. The van der Waals surface area contributed by atoms with Crippen molar-refractivity contribution in [1.82, 2.24) is 9.88 Å². The van der Waals surface area contributed by atoms with Crippen LogP contribution in [0.15, 0.2) is 24.3 Å². The molecular formula is C18H24N4O. The van der Waals surface area contributed by atoms with E-state index in [-0.39, 0.29) is 5.75 Å². The SMILES string of the molecule is CC(C)N1CCc2[nH]c(N)c(/C=C(\N)c3ccccc3O)c2C1. The molecule has 0 radical (unpaired) electrons. The Balaban J connectivity index is 2.00. The Labute approximate surface area is 136 Å². The topological polar surface area (TPSA) is 91.3 Å². The summed E-state index contributed by atoms with van der Waals surface area (Å²) in [5.74, 6) is 0.812. The average molecular weight is 312 g/mol. The molecule has 3 rings (SSSR count). The number of aromatic nitrogens is 1. The molecule has 2 aromatic rings. The predicted octanol–water partition coefficient (Wildman–Crippen LogP) is 2.53. The van der Waals surface area contributed by atoms with Gasteiger partial charge in [0.25, 0.3) is 0 Å². The lowest BCUT2D eigenvalue weighted by molar-refractivity contribution is 0.202. The molecule has 0 amide bonds. The van der Waals surface area contributed by atoms with Crippen molar-refractivity contribution in [2.45, 2.75) is 32.9 Å². The van der Waals surface area contributed by atoms with Crippen molar-refractivity contribution in [3.8, 4) is 5.75 Å². The van der Waals surface area contributed by atoms with Crippen LogP contribution in [-0.4, -0.2) is 27.6 Å². The number of nitrogens with zero attached hydrogens (tertiary/aromatic N) is 1. The van der Waals surface area contributed by atoms with Gasteiger partial charge in [0.15, 0.2) is 0 Å². The molecule has 0 atom stereocenters. The molecule has 0 aliphatic carbocycles. The first kappa shape index (κ1) is 15.5. The van der Waals surface area contributed by atoms with Gasteiger partial charge in [-0.05, 0) is 37.6 Å². The lowest BCUT2D eigenvalue weighted by Crippen LogP contribution is -2.35. The van der Waals surface area contributed by atoms with Gasteiger partial charge in [-0.15, -0.1) is 0 Å². The van der Waals surface area contributed by atoms with Crippen LogP contribution < -0.4 is 11.5 Å². The summed E-state index contributed by atoms with van der Waals surface area (Å²) in [6, 6.07) is 7.56. The maximum atomic E-state index is 9.96. The van der Waals surface area contributed by atoms with E-state index < -0.39 is 0 Å². The first-order chi connectivity index (χ1) is 11.0. The summed E-state index contributed by atoms with van der Waals surface area (Å²) < 4.78 is 0. The fourth-order valence-electron chi connectivity index (χ4n) is 3.12. The van der Waals surface area contributed by atoms with Gasteiger partial charge in [0.05, 0.1) is 0 Å². The molecule has 23 heavy (non-hydrogen) atoms. The Morgan fingerprint density at radius 3 is 2.78 bits per heavy atom. The number of benzene rings is 1. The maximum Gasteiger partial charge on any atom is 0.124 e. The molecule has 0 fully saturated rings. The molecule has 0 saturated heterocycles. The highest BCUT2D eigenvalue weighted by molar-refractivity contribution is 5.86. The third kappa shape index (κ3) is 2.92. The molecule has 0 saturated carbocycles. The van der Waals surface area contributed by atoms with Crippen LogP contribution in [0.4, 0.5) is 5.82 Å². The van der Waals surface area contributed by atoms with Crippen LogP contribution >= 0.6 is 0 Å². The number of anilines is 1. The summed E-state index contributed by atoms with van der Waals surface area (Å²) in [7, 11) is 0. The molecule has 5 heteroatoms. The number of nitrogens with one attached hydrogen (secondary N) is 1. The highest BCUT2D eigenvalue weighted by atomic mass is 16.3. The summed E-state index contributed by atoms with van der Waals surface area (Å²) in [6.45, 7) is 6.29. The van der Waals surface area contributed by atoms with Crippen LogP contribution in [0.5, 0.6) is 5.75 Å². The van der Waals surface area contributed by atoms with E-state index in [9.17, 15) is 5.11 Å². The summed E-state index contributed by atoms with van der Waals surface area (Å²) >= 11 is 0. The van der Waals surface area contributed by atoms with Crippen LogP contribution in [0, 0.1) is 0 Å². The van der Waals surface area contributed by atoms with E-state index in [1.165, 1.54) is 11.3 Å². The summed E-state index contributed by atoms with van der Waals surface area (Å²) in [6.07, 6.45) is 2.82. The zero-order chi connectivity index (χ0) is 16.6. The minimum absolute atomic E-state index is 0.174. The number of fused-ring (bicyclic) bond motifs is 1. The number of nitrogens with two attached hydrogens (primary N) is 2. The lowest BCUT2D eigenvalue weighted by atomic mass is 10.0. The Hall–Kier alpha value is -2.40. The van der Waals surface area contributed by atoms with Crippen LogP contribution in [0.3, 0.4) is 0 Å². The summed E-state index contributed by atoms with van der Waals surface area (Å²) in [4.78, 5) is 5.70. The molecule has 1 aliphatic heterocycles. The third-order valence-corrected chi connectivity index (χ3v) is 4.52. The number of phenolic OH excluding ortho intramolecular Hbond substituents is 1. The van der Waals surface area contributed by atoms with Crippen LogP contribution in [0.25, 0.3) is 11.8 Å². The maximum absolute atomic E-state index is 9.96. The largest absolute Gasteiger partial charge is 0.507 e. The highest BCUT2D eigenvalue weighted by Crippen LogP contribution is 2.31. The minimum atomic E-state index is 0.174. The molecule has 0 bridgehead atoms. The van der Waals surface area contributed by atoms with E-state index >= 15 is 0 Å². The van der Waals surface area contributed by atoms with Gasteiger partial charge in [-0.3, -0.25) is 4.90 Å². The number of H-pyrrole nitrogens is 1. The normalized spacial score (nSPS) is 15.9. The molecule has 5 nitrogen and oxygen atoms in total. The van der Waals surface area contributed by atoms with Gasteiger partial charge >= 0.3 is 0 Å². The molecule has 1 aromatic carbocycles. The molecular weight excluding hydrogens is 288 g/mol. The summed E-state index contributed by atoms with van der Waals surface area (Å²) in [5.41, 5.74) is 16.8. The molecule has 2 heterocycles. The van der Waals surface area contributed by atoms with E-state index in [2.05, 4.69) is 23.7 Å². The Morgan fingerprint density at radius 1 is 1.35 bits per heavy atom. The van der Waals surface area contributed by atoms with Crippen molar-refractivity contribution in [2.24, 2.45) is 5.73 Å². The smallest absolute Gasteiger partial charge is 0.124 e. The van der Waals surface area contributed by atoms with Gasteiger partial charge in [-0.1, -0.05) is 12.1 Å². The zero-order valence-corrected chi connectivity index (χ0v) is 13.6. The second-order valence-electron chi connectivity index (χ2n) is 6.34. The van der Waals surface area contributed by atoms with Gasteiger partial charge < -0.3 is 21.6 Å². The van der Waals surface area contributed by atoms with E-state index in [0.717, 1.165) is 25.1 Å². The third-order valence-electron chi connectivity index (χ3n) is 4.52. The van der Waals surface area contributed by atoms with Crippen LogP contribution in [-0.2, 0) is 13.0 Å². The number of nitrogen functional groups attached to an aromatic ring is 1. The molecule has 0 spiro atoms. The predicted molar refractivity (Wildman–Crippen MR) is 94.6 cm³/mol. The number of hydrogen-bond acceptors (Lipinski definition) is 4. The van der Waals surface area contributed by atoms with E-state index in [1.54, 1.807) is 18.2 Å². The van der Waals surface area contributed by atoms with Gasteiger partial charge in [-0.2, -0.15) is 0 Å². The number of rotatable bonds is 3. The van der Waals surface area contributed by atoms with Gasteiger partial charge in [0, 0.05) is 48.1 Å². The number of hydrogen-bond donors (Lipinski definition) is 4. The number of aromatic amines is 1. The molecule has 6 N–H and O–H groups in total. The van der Waals surface area contributed by atoms with E-state index in [0.29, 0.717) is 23.1 Å². The van der Waals surface area contributed by atoms with Crippen molar-refractivity contribution < 1.29 is 5.11 Å². The van der Waals surface area contributed by atoms with Crippen LogP contribution in [0.2, 0.25) is 0 Å². The molecule has 0 unspecified atom stereocenters. The van der Waals surface area contributed by atoms with Gasteiger partial charge in [0.2, 0.25) is 0 Å². The highest BCUT2D eigenvalue weighted by Gasteiger charge is 2.24. The van der Waals surface area contributed by atoms with Crippen molar-refractivity contribution in [3.05, 3.63) is 46.6 Å². The Bertz CT molecular complexity index is 745. The Kier molecular flexibility index (Phi) is 4.05. The van der Waals surface area contributed by atoms with Crippen molar-refractivity contribution in [2.75, 3.05) is 12.3 Å². The molecule has 1 aliphatic rings. The number of para-hydroxylation sites is 1. The van der Waals surface area contributed by atoms with Gasteiger partial charge in [-0.25, -0.2) is 0 Å². The van der Waals surface area contributed by atoms with Crippen molar-refractivity contribution in [1.29, 1.82) is 0 Å². The Morgan fingerprint density at radius 2 is 2.09 bits per heavy atom. The second-order valence-corrected chi connectivity index (χ2v) is 6.34. The second kappa shape index (κ2) is 6.01. The van der Waals surface area contributed by atoms with Gasteiger partial charge in [0.1, 0.15) is 11.6 Å². The first-order valence-corrected chi connectivity index (χ1v) is 7.96. The average Bonchev–Trinajstić information content (AvgIpc) is 2.83. The number of phenols is 1.